The molecule has 1 aromatic heterocycles. The molecule has 1 saturated heterocycles. The highest BCUT2D eigenvalue weighted by molar-refractivity contribution is 5.43. The minimum absolute atomic E-state index is 0.0163. The molecule has 0 radical (unpaired) electrons. The number of halogens is 2. The van der Waals surface area contributed by atoms with Crippen LogP contribution in [-0.4, -0.2) is 71.8 Å². The molecule has 0 amide bonds. The van der Waals surface area contributed by atoms with E-state index >= 15 is 0 Å². The van der Waals surface area contributed by atoms with Gasteiger partial charge in [-0.15, -0.1) is 0 Å². The van der Waals surface area contributed by atoms with E-state index in [1.165, 1.54) is 0 Å². The van der Waals surface area contributed by atoms with Gasteiger partial charge in [0.15, 0.2) is 11.5 Å². The van der Waals surface area contributed by atoms with Gasteiger partial charge in [-0.2, -0.15) is 0 Å². The first kappa shape index (κ1) is 27.8. The smallest absolute Gasteiger partial charge is 0.161 e. The standard InChI is InChI=1S/C28H35F2N3O5/c1-3-27-31-7-9-33(27)8-4-11-37-26-13-21(5-6-25(26)35-2)17-32-10-12-36-19-28(34,18-32)20-38-24-15-22(29)14-23(30)16-24/h5-7,9,13-16,34H,3-4,8,10-12,17-20H2,1-2H3/t28-/m0/s1. The number of imidazole rings is 1. The van der Waals surface area contributed by atoms with Crippen LogP contribution < -0.4 is 14.2 Å². The summed E-state index contributed by atoms with van der Waals surface area (Å²) >= 11 is 0. The number of benzene rings is 2. The normalized spacial score (nSPS) is 18.2. The van der Waals surface area contributed by atoms with Gasteiger partial charge in [0.25, 0.3) is 0 Å². The van der Waals surface area contributed by atoms with Crippen LogP contribution in [0.15, 0.2) is 48.8 Å². The fourth-order valence-electron chi connectivity index (χ4n) is 4.51. The largest absolute Gasteiger partial charge is 0.493 e. The van der Waals surface area contributed by atoms with Crippen LogP contribution in [0, 0.1) is 11.6 Å². The third-order valence-electron chi connectivity index (χ3n) is 6.34. The number of rotatable bonds is 12. The molecule has 10 heteroatoms. The van der Waals surface area contributed by atoms with E-state index < -0.39 is 17.2 Å². The Balaban J connectivity index is 1.35. The highest BCUT2D eigenvalue weighted by atomic mass is 19.1. The molecule has 0 aliphatic carbocycles. The van der Waals surface area contributed by atoms with E-state index in [0.29, 0.717) is 37.8 Å². The Hall–Kier alpha value is -3.21. The monoisotopic (exact) mass is 531 g/mol. The Morgan fingerprint density at radius 1 is 1.11 bits per heavy atom. The van der Waals surface area contributed by atoms with Gasteiger partial charge in [0.2, 0.25) is 0 Å². The molecule has 206 valence electrons. The quantitative estimate of drug-likeness (QED) is 0.356. The summed E-state index contributed by atoms with van der Waals surface area (Å²) in [4.78, 5) is 6.40. The Morgan fingerprint density at radius 3 is 2.68 bits per heavy atom. The second-order valence-corrected chi connectivity index (χ2v) is 9.46. The molecule has 1 N–H and O–H groups in total. The number of methoxy groups -OCH3 is 1. The van der Waals surface area contributed by atoms with Crippen molar-refractivity contribution in [2.24, 2.45) is 0 Å². The summed E-state index contributed by atoms with van der Waals surface area (Å²) in [7, 11) is 1.61. The zero-order chi connectivity index (χ0) is 27.0. The van der Waals surface area contributed by atoms with Gasteiger partial charge in [0, 0.05) is 63.2 Å². The van der Waals surface area contributed by atoms with Crippen LogP contribution in [0.25, 0.3) is 0 Å². The number of nitrogens with zero attached hydrogens (tertiary/aromatic N) is 3. The molecule has 4 rings (SSSR count). The maximum Gasteiger partial charge on any atom is 0.161 e. The lowest BCUT2D eigenvalue weighted by Gasteiger charge is -2.30. The van der Waals surface area contributed by atoms with E-state index in [1.807, 2.05) is 30.6 Å². The fraction of sp³-hybridized carbons (Fsp3) is 0.464. The first-order valence-electron chi connectivity index (χ1n) is 12.8. The lowest BCUT2D eigenvalue weighted by molar-refractivity contribution is -0.0647. The molecule has 1 aliphatic heterocycles. The summed E-state index contributed by atoms with van der Waals surface area (Å²) in [5, 5.41) is 11.2. The first-order chi connectivity index (χ1) is 18.4. The van der Waals surface area contributed by atoms with Crippen LogP contribution in [0.2, 0.25) is 0 Å². The molecular formula is C28H35F2N3O5. The van der Waals surface area contributed by atoms with Crippen molar-refractivity contribution >= 4 is 0 Å². The van der Waals surface area contributed by atoms with Crippen molar-refractivity contribution in [1.29, 1.82) is 0 Å². The topological polar surface area (TPSA) is 78.2 Å². The van der Waals surface area contributed by atoms with Gasteiger partial charge in [-0.3, -0.25) is 4.90 Å². The first-order valence-corrected chi connectivity index (χ1v) is 12.8. The number of aromatic nitrogens is 2. The molecule has 1 aliphatic rings. The Bertz CT molecular complexity index is 1170. The lowest BCUT2D eigenvalue weighted by atomic mass is 10.1. The van der Waals surface area contributed by atoms with E-state index in [2.05, 4.69) is 21.4 Å². The number of aliphatic hydroxyl groups is 1. The third-order valence-corrected chi connectivity index (χ3v) is 6.34. The van der Waals surface area contributed by atoms with Crippen LogP contribution >= 0.6 is 0 Å². The van der Waals surface area contributed by atoms with Crippen LogP contribution in [-0.2, 0) is 24.2 Å². The van der Waals surface area contributed by atoms with E-state index in [9.17, 15) is 13.9 Å². The molecule has 3 aromatic rings. The van der Waals surface area contributed by atoms with Crippen molar-refractivity contribution in [3.8, 4) is 17.2 Å². The molecule has 0 saturated carbocycles. The summed E-state index contributed by atoms with van der Waals surface area (Å²) in [6.45, 7) is 5.15. The van der Waals surface area contributed by atoms with Gasteiger partial charge in [0.05, 0.1) is 26.9 Å². The number of hydrogen-bond acceptors (Lipinski definition) is 7. The van der Waals surface area contributed by atoms with Crippen molar-refractivity contribution in [3.63, 3.8) is 0 Å². The Kier molecular flexibility index (Phi) is 9.54. The third kappa shape index (κ3) is 7.66. The Morgan fingerprint density at radius 2 is 1.92 bits per heavy atom. The number of aryl methyl sites for hydroxylation is 2. The maximum atomic E-state index is 13.5. The molecule has 2 aromatic carbocycles. The summed E-state index contributed by atoms with van der Waals surface area (Å²) < 4.78 is 51.8. The average Bonchev–Trinajstić information content (AvgIpc) is 3.27. The van der Waals surface area contributed by atoms with Crippen molar-refractivity contribution in [3.05, 3.63) is 71.8 Å². The minimum atomic E-state index is -1.35. The molecule has 2 heterocycles. The summed E-state index contributed by atoms with van der Waals surface area (Å²) in [5.41, 5.74) is -0.364. The number of β-amino-alcohol motifs (C(OH)–C–C–N with tert-alkyl or cyclic N) is 1. The van der Waals surface area contributed by atoms with E-state index in [0.717, 1.165) is 49.0 Å². The highest BCUT2D eigenvalue weighted by Gasteiger charge is 2.33. The van der Waals surface area contributed by atoms with Gasteiger partial charge in [-0.1, -0.05) is 13.0 Å². The lowest BCUT2D eigenvalue weighted by Crippen LogP contribution is -2.48. The SMILES string of the molecule is CCc1nccn1CCCOc1cc(CN2CCOC[C@](O)(COc3cc(F)cc(F)c3)C2)ccc1OC. The minimum Gasteiger partial charge on any atom is -0.493 e. The Labute approximate surface area is 221 Å². The molecule has 8 nitrogen and oxygen atoms in total. The van der Waals surface area contributed by atoms with Crippen molar-refractivity contribution in [2.75, 3.05) is 46.6 Å². The van der Waals surface area contributed by atoms with Crippen molar-refractivity contribution in [2.45, 2.75) is 38.5 Å². The zero-order valence-corrected chi connectivity index (χ0v) is 21.9. The van der Waals surface area contributed by atoms with Gasteiger partial charge < -0.3 is 28.6 Å². The molecule has 38 heavy (non-hydrogen) atoms. The molecule has 0 unspecified atom stereocenters. The number of hydrogen-bond donors (Lipinski definition) is 1. The van der Waals surface area contributed by atoms with E-state index in [-0.39, 0.29) is 25.5 Å². The van der Waals surface area contributed by atoms with Crippen molar-refractivity contribution < 1.29 is 32.8 Å². The molecule has 1 atom stereocenters. The van der Waals surface area contributed by atoms with Crippen LogP contribution in [0.4, 0.5) is 8.78 Å². The second kappa shape index (κ2) is 13.0. The number of ether oxygens (including phenoxy) is 4. The van der Waals surface area contributed by atoms with Gasteiger partial charge in [0.1, 0.15) is 35.4 Å². The molecule has 0 bridgehead atoms. The van der Waals surface area contributed by atoms with Gasteiger partial charge >= 0.3 is 0 Å². The molecule has 0 spiro atoms. The van der Waals surface area contributed by atoms with Gasteiger partial charge in [-0.05, 0) is 24.1 Å². The van der Waals surface area contributed by atoms with E-state index in [1.54, 1.807) is 7.11 Å². The fourth-order valence-corrected chi connectivity index (χ4v) is 4.51. The summed E-state index contributed by atoms with van der Waals surface area (Å²) in [5.74, 6) is 0.898. The zero-order valence-electron chi connectivity index (χ0n) is 21.9. The highest BCUT2D eigenvalue weighted by Crippen LogP contribution is 2.29. The van der Waals surface area contributed by atoms with Crippen molar-refractivity contribution in [1.82, 2.24) is 14.5 Å². The van der Waals surface area contributed by atoms with Crippen LogP contribution in [0.5, 0.6) is 17.2 Å². The van der Waals surface area contributed by atoms with Gasteiger partial charge in [-0.25, -0.2) is 13.8 Å². The van der Waals surface area contributed by atoms with Crippen LogP contribution in [0.1, 0.15) is 24.7 Å². The molecule has 1 fully saturated rings. The average molecular weight is 532 g/mol. The summed E-state index contributed by atoms with van der Waals surface area (Å²) in [6.07, 6.45) is 5.50. The maximum absolute atomic E-state index is 13.5. The predicted octanol–water partition coefficient (Wildman–Crippen LogP) is 3.84. The van der Waals surface area contributed by atoms with E-state index in [4.69, 9.17) is 18.9 Å². The summed E-state index contributed by atoms with van der Waals surface area (Å²) in [6, 6.07) is 8.72. The van der Waals surface area contributed by atoms with Crippen LogP contribution in [0.3, 0.4) is 0 Å². The second-order valence-electron chi connectivity index (χ2n) is 9.46. The predicted molar refractivity (Wildman–Crippen MR) is 138 cm³/mol. The molecular weight excluding hydrogens is 496 g/mol.